The molecular formula is C23H31N3O4. The van der Waals surface area contributed by atoms with Gasteiger partial charge in [0.05, 0.1) is 19.8 Å². The van der Waals surface area contributed by atoms with Crippen LogP contribution in [0.4, 0.5) is 0 Å². The zero-order valence-electron chi connectivity index (χ0n) is 18.3. The molecule has 2 heterocycles. The number of carbonyl (C=O) groups excluding carboxylic acids is 1. The molecule has 2 aromatic rings. The van der Waals surface area contributed by atoms with Crippen LogP contribution >= 0.6 is 0 Å². The zero-order valence-corrected chi connectivity index (χ0v) is 18.3. The maximum atomic E-state index is 13.5. The molecule has 0 saturated heterocycles. The van der Waals surface area contributed by atoms with Crippen molar-refractivity contribution in [3.63, 3.8) is 0 Å². The van der Waals surface area contributed by atoms with E-state index in [4.69, 9.17) is 9.47 Å². The Morgan fingerprint density at radius 2 is 2.07 bits per heavy atom. The Bertz CT molecular complexity index is 887. The zero-order chi connectivity index (χ0) is 21.8. The summed E-state index contributed by atoms with van der Waals surface area (Å²) in [5, 5.41) is 9.75. The van der Waals surface area contributed by atoms with Gasteiger partial charge in [-0.1, -0.05) is 25.1 Å². The highest BCUT2D eigenvalue weighted by atomic mass is 16.5. The summed E-state index contributed by atoms with van der Waals surface area (Å²) in [6.45, 7) is 5.01. The third kappa shape index (κ3) is 4.57. The summed E-state index contributed by atoms with van der Waals surface area (Å²) < 4.78 is 11.7. The van der Waals surface area contributed by atoms with Crippen molar-refractivity contribution in [2.24, 2.45) is 5.92 Å². The van der Waals surface area contributed by atoms with Crippen LogP contribution in [0, 0.1) is 5.92 Å². The lowest BCUT2D eigenvalue weighted by molar-refractivity contribution is 0.0348. The number of hydrogen-bond acceptors (Lipinski definition) is 6. The van der Waals surface area contributed by atoms with Crippen LogP contribution in [0.5, 0.6) is 11.6 Å². The Labute approximate surface area is 178 Å². The van der Waals surface area contributed by atoms with E-state index in [1.165, 1.54) is 0 Å². The number of aliphatic hydroxyl groups excluding tert-OH is 1. The van der Waals surface area contributed by atoms with Gasteiger partial charge in [0.2, 0.25) is 5.88 Å². The molecule has 0 aliphatic carbocycles. The summed E-state index contributed by atoms with van der Waals surface area (Å²) in [5.41, 5.74) is 2.03. The van der Waals surface area contributed by atoms with Gasteiger partial charge in [0.15, 0.2) is 0 Å². The Morgan fingerprint density at radius 3 is 2.73 bits per heavy atom. The first-order chi connectivity index (χ1) is 14.3. The quantitative estimate of drug-likeness (QED) is 0.785. The summed E-state index contributed by atoms with van der Waals surface area (Å²) in [7, 11) is 5.60. The molecule has 1 amide bonds. The molecule has 0 unspecified atom stereocenters. The Balaban J connectivity index is 2.10. The number of likely N-dealkylation sites (N-methyl/N-ethyl adjacent to an activating group) is 1. The van der Waals surface area contributed by atoms with E-state index in [0.717, 1.165) is 11.1 Å². The van der Waals surface area contributed by atoms with Gasteiger partial charge in [0.1, 0.15) is 17.4 Å². The van der Waals surface area contributed by atoms with Gasteiger partial charge in [0.25, 0.3) is 5.91 Å². The number of rotatable bonds is 6. The average Bonchev–Trinajstić information content (AvgIpc) is 2.75. The van der Waals surface area contributed by atoms with E-state index in [1.807, 2.05) is 51.4 Å². The minimum Gasteiger partial charge on any atom is -0.496 e. The Hall–Kier alpha value is -2.64. The highest BCUT2D eigenvalue weighted by Crippen LogP contribution is 2.34. The SMILES string of the molecule is COc1ccccc1-c1cnc2c(c1)C(=O)N([C@H](C)CO)C[C@@H](C)[C@H](CN(C)C)O2. The van der Waals surface area contributed by atoms with E-state index in [0.29, 0.717) is 30.3 Å². The standard InChI is InChI=1S/C23H31N3O4/c1-15-12-26(16(2)14-27)23(28)19-10-17(18-8-6-7-9-20(18)29-5)11-24-22(19)30-21(15)13-25(3)4/h6-11,15-16,21,27H,12-14H2,1-5H3/t15-,16-,21+/m1/s1. The number of aliphatic hydroxyl groups is 1. The normalized spacial score (nSPS) is 20.2. The lowest BCUT2D eigenvalue weighted by Gasteiger charge is -2.37. The van der Waals surface area contributed by atoms with Gasteiger partial charge in [-0.05, 0) is 33.2 Å². The summed E-state index contributed by atoms with van der Waals surface area (Å²) in [6, 6.07) is 9.13. The number of carbonyl (C=O) groups is 1. The molecule has 0 bridgehead atoms. The molecule has 3 atom stereocenters. The van der Waals surface area contributed by atoms with Crippen LogP contribution in [0.3, 0.4) is 0 Å². The molecule has 30 heavy (non-hydrogen) atoms. The van der Waals surface area contributed by atoms with Gasteiger partial charge in [-0.3, -0.25) is 4.79 Å². The van der Waals surface area contributed by atoms with Gasteiger partial charge < -0.3 is 24.4 Å². The maximum absolute atomic E-state index is 13.5. The number of amides is 1. The molecular weight excluding hydrogens is 382 g/mol. The van der Waals surface area contributed by atoms with Crippen molar-refractivity contribution in [2.45, 2.75) is 26.0 Å². The molecule has 162 valence electrons. The lowest BCUT2D eigenvalue weighted by Crippen LogP contribution is -2.49. The maximum Gasteiger partial charge on any atom is 0.259 e. The predicted molar refractivity (Wildman–Crippen MR) is 116 cm³/mol. The first kappa shape index (κ1) is 22.1. The average molecular weight is 414 g/mol. The van der Waals surface area contributed by atoms with Gasteiger partial charge >= 0.3 is 0 Å². The monoisotopic (exact) mass is 413 g/mol. The molecule has 0 fully saturated rings. The van der Waals surface area contributed by atoms with Crippen molar-refractivity contribution in [1.29, 1.82) is 0 Å². The molecule has 7 nitrogen and oxygen atoms in total. The third-order valence-corrected chi connectivity index (χ3v) is 5.48. The van der Waals surface area contributed by atoms with Crippen LogP contribution in [-0.4, -0.2) is 78.8 Å². The fraction of sp³-hybridized carbons (Fsp3) is 0.478. The number of methoxy groups -OCH3 is 1. The fourth-order valence-corrected chi connectivity index (χ4v) is 3.71. The summed E-state index contributed by atoms with van der Waals surface area (Å²) in [4.78, 5) is 21.8. The van der Waals surface area contributed by atoms with Crippen molar-refractivity contribution in [1.82, 2.24) is 14.8 Å². The van der Waals surface area contributed by atoms with Gasteiger partial charge in [-0.2, -0.15) is 0 Å². The highest BCUT2D eigenvalue weighted by Gasteiger charge is 2.34. The van der Waals surface area contributed by atoms with Crippen LogP contribution in [-0.2, 0) is 0 Å². The fourth-order valence-electron chi connectivity index (χ4n) is 3.71. The Kier molecular flexibility index (Phi) is 6.95. The number of fused-ring (bicyclic) bond motifs is 1. The van der Waals surface area contributed by atoms with Gasteiger partial charge in [-0.15, -0.1) is 0 Å². The van der Waals surface area contributed by atoms with Crippen molar-refractivity contribution >= 4 is 5.91 Å². The first-order valence-electron chi connectivity index (χ1n) is 10.2. The van der Waals surface area contributed by atoms with Crippen LogP contribution in [0.1, 0.15) is 24.2 Å². The van der Waals surface area contributed by atoms with Gasteiger partial charge in [0, 0.05) is 36.3 Å². The van der Waals surface area contributed by atoms with E-state index in [-0.39, 0.29) is 30.6 Å². The van der Waals surface area contributed by atoms with Crippen LogP contribution in [0.15, 0.2) is 36.5 Å². The second kappa shape index (κ2) is 9.45. The number of aromatic nitrogens is 1. The summed E-state index contributed by atoms with van der Waals surface area (Å²) in [5.74, 6) is 0.922. The molecule has 0 spiro atoms. The van der Waals surface area contributed by atoms with Crippen molar-refractivity contribution in [2.75, 3.05) is 40.9 Å². The molecule has 0 radical (unpaired) electrons. The number of nitrogens with zero attached hydrogens (tertiary/aromatic N) is 3. The largest absolute Gasteiger partial charge is 0.496 e. The van der Waals surface area contributed by atoms with Crippen molar-refractivity contribution in [3.8, 4) is 22.8 Å². The number of para-hydroxylation sites is 1. The third-order valence-electron chi connectivity index (χ3n) is 5.48. The smallest absolute Gasteiger partial charge is 0.259 e. The molecule has 1 aromatic carbocycles. The minimum absolute atomic E-state index is 0.0780. The molecule has 1 aliphatic rings. The van der Waals surface area contributed by atoms with Crippen LogP contribution in [0.25, 0.3) is 11.1 Å². The van der Waals surface area contributed by atoms with E-state index in [2.05, 4.69) is 16.8 Å². The highest BCUT2D eigenvalue weighted by molar-refractivity contribution is 5.98. The first-order valence-corrected chi connectivity index (χ1v) is 10.2. The molecule has 3 rings (SSSR count). The minimum atomic E-state index is -0.305. The molecule has 1 N–H and O–H groups in total. The number of benzene rings is 1. The second-order valence-electron chi connectivity index (χ2n) is 8.16. The predicted octanol–water partition coefficient (Wildman–Crippen LogP) is 2.54. The molecule has 0 saturated carbocycles. The molecule has 7 heteroatoms. The number of pyridine rings is 1. The number of ether oxygens (including phenoxy) is 2. The van der Waals surface area contributed by atoms with E-state index < -0.39 is 0 Å². The van der Waals surface area contributed by atoms with Crippen molar-refractivity contribution in [3.05, 3.63) is 42.1 Å². The van der Waals surface area contributed by atoms with Crippen LogP contribution < -0.4 is 9.47 Å². The van der Waals surface area contributed by atoms with E-state index in [9.17, 15) is 9.90 Å². The van der Waals surface area contributed by atoms with Crippen molar-refractivity contribution < 1.29 is 19.4 Å². The lowest BCUT2D eigenvalue weighted by atomic mass is 9.99. The molecule has 1 aromatic heterocycles. The van der Waals surface area contributed by atoms with Gasteiger partial charge in [-0.25, -0.2) is 4.98 Å². The second-order valence-corrected chi connectivity index (χ2v) is 8.16. The molecule has 1 aliphatic heterocycles. The summed E-state index contributed by atoms with van der Waals surface area (Å²) >= 11 is 0. The topological polar surface area (TPSA) is 75.1 Å². The van der Waals surface area contributed by atoms with E-state index >= 15 is 0 Å². The van der Waals surface area contributed by atoms with Crippen LogP contribution in [0.2, 0.25) is 0 Å². The summed E-state index contributed by atoms with van der Waals surface area (Å²) in [6.07, 6.45) is 1.58. The number of hydrogen-bond donors (Lipinski definition) is 1. The van der Waals surface area contributed by atoms with E-state index in [1.54, 1.807) is 18.2 Å². The Morgan fingerprint density at radius 1 is 1.33 bits per heavy atom.